The molecule has 19 heavy (non-hydrogen) atoms. The molecule has 8 nitrogen and oxygen atoms in total. The van der Waals surface area contributed by atoms with Gasteiger partial charge in [0, 0.05) is 25.3 Å². The lowest BCUT2D eigenvalue weighted by Crippen LogP contribution is -2.49. The molecule has 0 spiro atoms. The Morgan fingerprint density at radius 2 is 2.16 bits per heavy atom. The van der Waals surface area contributed by atoms with Crippen LogP contribution in [0.15, 0.2) is 17.3 Å². The number of H-pyrrole nitrogens is 1. The van der Waals surface area contributed by atoms with Crippen LogP contribution in [0.4, 0.5) is 0 Å². The highest BCUT2D eigenvalue weighted by Crippen LogP contribution is 2.19. The summed E-state index contributed by atoms with van der Waals surface area (Å²) in [6.07, 6.45) is 4.86. The fourth-order valence-corrected chi connectivity index (χ4v) is 4.32. The Morgan fingerprint density at radius 3 is 2.74 bits per heavy atom. The van der Waals surface area contributed by atoms with E-state index in [2.05, 4.69) is 14.9 Å². The summed E-state index contributed by atoms with van der Waals surface area (Å²) in [4.78, 5) is 0.0903. The summed E-state index contributed by atoms with van der Waals surface area (Å²) in [5.41, 5.74) is 0. The highest BCUT2D eigenvalue weighted by Gasteiger charge is 2.31. The number of piperidine rings is 1. The summed E-state index contributed by atoms with van der Waals surface area (Å²) in [5, 5.41) is 6.08. The summed E-state index contributed by atoms with van der Waals surface area (Å²) in [5.74, 6) is 0. The van der Waals surface area contributed by atoms with E-state index in [0.29, 0.717) is 19.4 Å². The van der Waals surface area contributed by atoms with Gasteiger partial charge in [0.2, 0.25) is 20.0 Å². The maximum absolute atomic E-state index is 12.2. The van der Waals surface area contributed by atoms with Gasteiger partial charge < -0.3 is 0 Å². The van der Waals surface area contributed by atoms with Crippen LogP contribution in [-0.4, -0.2) is 56.7 Å². The Labute approximate surface area is 112 Å². The van der Waals surface area contributed by atoms with Crippen molar-refractivity contribution in [3.63, 3.8) is 0 Å². The summed E-state index contributed by atoms with van der Waals surface area (Å²) in [7, 11) is -6.94. The Hall–Kier alpha value is -0.970. The lowest BCUT2D eigenvalue weighted by Gasteiger charge is -2.31. The van der Waals surface area contributed by atoms with Crippen molar-refractivity contribution < 1.29 is 16.8 Å². The summed E-state index contributed by atoms with van der Waals surface area (Å²) in [6.45, 7) is 0.524. The second kappa shape index (κ2) is 5.19. The van der Waals surface area contributed by atoms with Crippen molar-refractivity contribution in [2.45, 2.75) is 23.8 Å². The summed E-state index contributed by atoms with van der Waals surface area (Å²) < 4.78 is 50.6. The summed E-state index contributed by atoms with van der Waals surface area (Å²) >= 11 is 0. The van der Waals surface area contributed by atoms with Crippen molar-refractivity contribution in [1.82, 2.24) is 19.2 Å². The smallest absolute Gasteiger partial charge is 0.246 e. The number of aromatic amines is 1. The van der Waals surface area contributed by atoms with Crippen molar-refractivity contribution in [1.29, 1.82) is 0 Å². The van der Waals surface area contributed by atoms with E-state index in [0.717, 1.165) is 6.26 Å². The molecule has 0 bridgehead atoms. The average Bonchev–Trinajstić information content (AvgIpc) is 2.80. The number of hydrogen-bond acceptors (Lipinski definition) is 5. The zero-order chi connectivity index (χ0) is 14.1. The van der Waals surface area contributed by atoms with Gasteiger partial charge >= 0.3 is 0 Å². The van der Waals surface area contributed by atoms with Crippen molar-refractivity contribution >= 4 is 20.0 Å². The summed E-state index contributed by atoms with van der Waals surface area (Å²) in [6, 6.07) is -0.384. The number of nitrogens with zero attached hydrogens (tertiary/aromatic N) is 2. The molecule has 0 radical (unpaired) electrons. The molecule has 0 aliphatic carbocycles. The molecular weight excluding hydrogens is 292 g/mol. The van der Waals surface area contributed by atoms with E-state index in [1.54, 1.807) is 0 Å². The molecule has 1 aliphatic heterocycles. The van der Waals surface area contributed by atoms with Crippen molar-refractivity contribution in [2.75, 3.05) is 19.3 Å². The quantitative estimate of drug-likeness (QED) is 0.749. The molecule has 1 aliphatic rings. The van der Waals surface area contributed by atoms with Crippen LogP contribution in [-0.2, 0) is 20.0 Å². The molecule has 1 aromatic rings. The number of aromatic nitrogens is 2. The first kappa shape index (κ1) is 14.4. The minimum atomic E-state index is -3.60. The molecule has 1 unspecified atom stereocenters. The lowest BCUT2D eigenvalue weighted by atomic mass is 10.1. The van der Waals surface area contributed by atoms with Crippen molar-refractivity contribution in [3.8, 4) is 0 Å². The van der Waals surface area contributed by atoms with Crippen molar-refractivity contribution in [3.05, 3.63) is 12.4 Å². The molecular formula is C9H16N4O4S2. The molecule has 2 rings (SSSR count). The first-order chi connectivity index (χ1) is 8.79. The van der Waals surface area contributed by atoms with Gasteiger partial charge in [-0.05, 0) is 12.8 Å². The monoisotopic (exact) mass is 308 g/mol. The van der Waals surface area contributed by atoms with Crippen LogP contribution in [0.3, 0.4) is 0 Å². The van der Waals surface area contributed by atoms with E-state index < -0.39 is 20.0 Å². The van der Waals surface area contributed by atoms with E-state index in [1.165, 1.54) is 16.7 Å². The molecule has 2 N–H and O–H groups in total. The number of hydrogen-bond donors (Lipinski definition) is 2. The van der Waals surface area contributed by atoms with Crippen LogP contribution in [0.1, 0.15) is 12.8 Å². The number of sulfonamides is 2. The third-order valence-corrected chi connectivity index (χ3v) is 5.47. The van der Waals surface area contributed by atoms with Crippen LogP contribution in [0, 0.1) is 0 Å². The Balaban J connectivity index is 2.14. The lowest BCUT2D eigenvalue weighted by molar-refractivity contribution is 0.303. The Morgan fingerprint density at radius 1 is 1.42 bits per heavy atom. The molecule has 0 aromatic carbocycles. The third kappa shape index (κ3) is 3.53. The zero-order valence-corrected chi connectivity index (χ0v) is 12.0. The van der Waals surface area contributed by atoms with Crippen LogP contribution < -0.4 is 4.72 Å². The molecule has 1 atom stereocenters. The van der Waals surface area contributed by atoms with E-state index >= 15 is 0 Å². The van der Waals surface area contributed by atoms with Gasteiger partial charge in [-0.1, -0.05) is 0 Å². The van der Waals surface area contributed by atoms with Gasteiger partial charge in [-0.2, -0.15) is 9.40 Å². The maximum atomic E-state index is 12.2. The molecule has 1 aromatic heterocycles. The highest BCUT2D eigenvalue weighted by atomic mass is 32.2. The van der Waals surface area contributed by atoms with Gasteiger partial charge in [0.15, 0.2) is 0 Å². The van der Waals surface area contributed by atoms with Gasteiger partial charge in [-0.25, -0.2) is 21.6 Å². The fraction of sp³-hybridized carbons (Fsp3) is 0.667. The second-order valence-corrected chi connectivity index (χ2v) is 8.24. The maximum Gasteiger partial charge on any atom is 0.246 e. The predicted molar refractivity (Wildman–Crippen MR) is 68.3 cm³/mol. The first-order valence-corrected chi connectivity index (χ1v) is 9.08. The highest BCUT2D eigenvalue weighted by molar-refractivity contribution is 7.89. The second-order valence-electron chi connectivity index (χ2n) is 4.53. The van der Waals surface area contributed by atoms with Crippen LogP contribution in [0.2, 0.25) is 0 Å². The van der Waals surface area contributed by atoms with E-state index in [4.69, 9.17) is 0 Å². The zero-order valence-electron chi connectivity index (χ0n) is 10.4. The van der Waals surface area contributed by atoms with Gasteiger partial charge in [0.25, 0.3) is 0 Å². The molecule has 0 amide bonds. The normalized spacial score (nSPS) is 22.5. The SMILES string of the molecule is CS(=O)(=O)NC1CCCN(S(=O)(=O)c2cn[nH]c2)C1. The van der Waals surface area contributed by atoms with Gasteiger partial charge in [-0.15, -0.1) is 0 Å². The minimum absolute atomic E-state index is 0.0903. The molecule has 2 heterocycles. The standard InChI is InChI=1S/C9H16N4O4S2/c1-18(14,15)12-8-3-2-4-13(7-8)19(16,17)9-5-10-11-6-9/h5-6,8,12H,2-4,7H2,1H3,(H,10,11). The number of nitrogens with one attached hydrogen (secondary N) is 2. The van der Waals surface area contributed by atoms with Crippen LogP contribution in [0.25, 0.3) is 0 Å². The van der Waals surface area contributed by atoms with Gasteiger partial charge in [-0.3, -0.25) is 5.10 Å². The van der Waals surface area contributed by atoms with Gasteiger partial charge in [0.1, 0.15) is 4.90 Å². The number of rotatable bonds is 4. The van der Waals surface area contributed by atoms with Crippen molar-refractivity contribution in [2.24, 2.45) is 0 Å². The van der Waals surface area contributed by atoms with Crippen LogP contribution in [0.5, 0.6) is 0 Å². The Kier molecular flexibility index (Phi) is 3.95. The van der Waals surface area contributed by atoms with Gasteiger partial charge in [0.05, 0.1) is 12.5 Å². The predicted octanol–water partition coefficient (Wildman–Crippen LogP) is -0.888. The van der Waals surface area contributed by atoms with E-state index in [-0.39, 0.29) is 17.5 Å². The molecule has 1 fully saturated rings. The first-order valence-electron chi connectivity index (χ1n) is 5.75. The molecule has 10 heteroatoms. The molecule has 0 saturated carbocycles. The average molecular weight is 308 g/mol. The third-order valence-electron chi connectivity index (χ3n) is 2.88. The molecule has 108 valence electrons. The largest absolute Gasteiger partial charge is 0.284 e. The van der Waals surface area contributed by atoms with Crippen LogP contribution >= 0.6 is 0 Å². The minimum Gasteiger partial charge on any atom is -0.284 e. The van der Waals surface area contributed by atoms with E-state index in [1.807, 2.05) is 0 Å². The van der Waals surface area contributed by atoms with E-state index in [9.17, 15) is 16.8 Å². The molecule has 1 saturated heterocycles. The fourth-order valence-electron chi connectivity index (χ4n) is 2.09. The Bertz CT molecular complexity index is 623. The topological polar surface area (TPSA) is 112 Å².